The summed E-state index contributed by atoms with van der Waals surface area (Å²) in [5.74, 6) is 0.815. The van der Waals surface area contributed by atoms with Crippen LogP contribution in [0.1, 0.15) is 18.4 Å². The van der Waals surface area contributed by atoms with Gasteiger partial charge < -0.3 is 5.32 Å². The molecule has 0 aromatic carbocycles. The molecule has 1 aromatic rings. The van der Waals surface area contributed by atoms with Crippen molar-refractivity contribution in [1.29, 1.82) is 0 Å². The van der Waals surface area contributed by atoms with Gasteiger partial charge >= 0.3 is 0 Å². The quantitative estimate of drug-likeness (QED) is 0.891. The largest absolute Gasteiger partial charge is 0.319 e. The van der Waals surface area contributed by atoms with E-state index in [-0.39, 0.29) is 12.4 Å². The van der Waals surface area contributed by atoms with Crippen molar-refractivity contribution < 1.29 is 0 Å². The smallest absolute Gasteiger partial charge is 0.0312 e. The number of likely N-dealkylation sites (tertiary alicyclic amines) is 1. The summed E-state index contributed by atoms with van der Waals surface area (Å²) >= 11 is 0. The highest BCUT2D eigenvalue weighted by Crippen LogP contribution is 2.17. The van der Waals surface area contributed by atoms with Gasteiger partial charge in [-0.2, -0.15) is 0 Å². The molecular formula is C13H22ClN3. The summed E-state index contributed by atoms with van der Waals surface area (Å²) < 4.78 is 0. The molecule has 0 spiro atoms. The maximum atomic E-state index is 4.17. The molecule has 1 saturated heterocycles. The molecule has 0 amide bonds. The number of hydrogen-bond acceptors (Lipinski definition) is 3. The molecule has 0 radical (unpaired) electrons. The van der Waals surface area contributed by atoms with Crippen molar-refractivity contribution in [3.8, 4) is 0 Å². The summed E-state index contributed by atoms with van der Waals surface area (Å²) in [6.45, 7) is 4.64. The predicted molar refractivity (Wildman–Crippen MR) is 73.4 cm³/mol. The molecule has 96 valence electrons. The first kappa shape index (κ1) is 14.4. The molecule has 1 aliphatic heterocycles. The van der Waals surface area contributed by atoms with E-state index in [1.807, 2.05) is 25.5 Å². The van der Waals surface area contributed by atoms with E-state index in [1.54, 1.807) is 0 Å². The van der Waals surface area contributed by atoms with E-state index in [1.165, 1.54) is 31.5 Å². The number of nitrogens with one attached hydrogen (secondary N) is 1. The van der Waals surface area contributed by atoms with Gasteiger partial charge in [-0.05, 0) is 50.5 Å². The van der Waals surface area contributed by atoms with Crippen LogP contribution >= 0.6 is 12.4 Å². The van der Waals surface area contributed by atoms with Crippen LogP contribution in [0.4, 0.5) is 0 Å². The minimum absolute atomic E-state index is 0. The van der Waals surface area contributed by atoms with Crippen molar-refractivity contribution in [1.82, 2.24) is 15.2 Å². The molecule has 1 atom stereocenters. The van der Waals surface area contributed by atoms with Crippen LogP contribution in [0.2, 0.25) is 0 Å². The van der Waals surface area contributed by atoms with E-state index in [4.69, 9.17) is 0 Å². The van der Waals surface area contributed by atoms with Crippen molar-refractivity contribution in [2.45, 2.75) is 19.4 Å². The van der Waals surface area contributed by atoms with E-state index in [2.05, 4.69) is 21.3 Å². The van der Waals surface area contributed by atoms with E-state index in [9.17, 15) is 0 Å². The summed E-state index contributed by atoms with van der Waals surface area (Å²) in [5, 5.41) is 3.28. The number of hydrogen-bond donors (Lipinski definition) is 1. The van der Waals surface area contributed by atoms with E-state index >= 15 is 0 Å². The first-order valence-electron chi connectivity index (χ1n) is 6.14. The zero-order chi connectivity index (χ0) is 11.2. The highest BCUT2D eigenvalue weighted by Gasteiger charge is 2.18. The Morgan fingerprint density at radius 3 is 3.12 bits per heavy atom. The number of aromatic nitrogens is 1. The summed E-state index contributed by atoms with van der Waals surface area (Å²) in [7, 11) is 2.04. The van der Waals surface area contributed by atoms with Crippen LogP contribution in [0.25, 0.3) is 0 Å². The average molecular weight is 256 g/mol. The number of pyridine rings is 1. The lowest BCUT2D eigenvalue weighted by atomic mass is 9.98. The number of piperidine rings is 1. The van der Waals surface area contributed by atoms with Gasteiger partial charge in [0.1, 0.15) is 0 Å². The van der Waals surface area contributed by atoms with Crippen LogP contribution in [0.15, 0.2) is 24.5 Å². The lowest BCUT2D eigenvalue weighted by Gasteiger charge is -2.32. The monoisotopic (exact) mass is 255 g/mol. The Balaban J connectivity index is 0.00000144. The third-order valence-electron chi connectivity index (χ3n) is 3.22. The highest BCUT2D eigenvalue weighted by atomic mass is 35.5. The minimum atomic E-state index is 0. The van der Waals surface area contributed by atoms with Gasteiger partial charge in [-0.15, -0.1) is 12.4 Å². The third kappa shape index (κ3) is 4.62. The lowest BCUT2D eigenvalue weighted by Crippen LogP contribution is -2.38. The lowest BCUT2D eigenvalue weighted by molar-refractivity contribution is 0.166. The second kappa shape index (κ2) is 7.64. The first-order valence-corrected chi connectivity index (χ1v) is 6.14. The van der Waals surface area contributed by atoms with Gasteiger partial charge in [-0.25, -0.2) is 0 Å². The molecule has 1 aromatic heterocycles. The van der Waals surface area contributed by atoms with Gasteiger partial charge in [-0.1, -0.05) is 6.07 Å². The fourth-order valence-corrected chi connectivity index (χ4v) is 2.50. The van der Waals surface area contributed by atoms with Crippen molar-refractivity contribution in [3.05, 3.63) is 30.1 Å². The standard InChI is InChI=1S/C13H21N3.ClH/c1-14-8-12-5-3-7-16(10-12)11-13-4-2-6-15-9-13;/h2,4,6,9,12,14H,3,5,7-8,10-11H2,1H3;1H. The molecule has 1 N–H and O–H groups in total. The second-order valence-electron chi connectivity index (χ2n) is 4.66. The Hall–Kier alpha value is -0.640. The number of halogens is 1. The molecule has 0 saturated carbocycles. The van der Waals surface area contributed by atoms with Gasteiger partial charge in [0.05, 0.1) is 0 Å². The summed E-state index contributed by atoms with van der Waals surface area (Å²) in [6.07, 6.45) is 6.50. The third-order valence-corrected chi connectivity index (χ3v) is 3.22. The van der Waals surface area contributed by atoms with Gasteiger partial charge in [0.25, 0.3) is 0 Å². The Morgan fingerprint density at radius 1 is 1.53 bits per heavy atom. The summed E-state index contributed by atoms with van der Waals surface area (Å²) in [5.41, 5.74) is 1.33. The Labute approximate surface area is 110 Å². The molecule has 1 aliphatic rings. The van der Waals surface area contributed by atoms with Gasteiger partial charge in [0.15, 0.2) is 0 Å². The van der Waals surface area contributed by atoms with Crippen LogP contribution in [0.5, 0.6) is 0 Å². The van der Waals surface area contributed by atoms with Crippen molar-refractivity contribution in [3.63, 3.8) is 0 Å². The Kier molecular flexibility index (Phi) is 6.48. The zero-order valence-corrected chi connectivity index (χ0v) is 11.2. The van der Waals surface area contributed by atoms with Crippen LogP contribution < -0.4 is 5.32 Å². The van der Waals surface area contributed by atoms with Crippen LogP contribution in [-0.4, -0.2) is 36.6 Å². The predicted octanol–water partition coefficient (Wildman–Crippen LogP) is 1.93. The fraction of sp³-hybridized carbons (Fsp3) is 0.615. The Bertz CT molecular complexity index is 303. The molecule has 1 fully saturated rings. The van der Waals surface area contributed by atoms with E-state index in [0.29, 0.717) is 0 Å². The second-order valence-corrected chi connectivity index (χ2v) is 4.66. The molecule has 0 aliphatic carbocycles. The van der Waals surface area contributed by atoms with Crippen molar-refractivity contribution >= 4 is 12.4 Å². The molecule has 4 heteroatoms. The molecular weight excluding hydrogens is 234 g/mol. The fourth-order valence-electron chi connectivity index (χ4n) is 2.50. The molecule has 2 heterocycles. The summed E-state index contributed by atoms with van der Waals surface area (Å²) in [4.78, 5) is 6.71. The topological polar surface area (TPSA) is 28.2 Å². The van der Waals surface area contributed by atoms with Crippen molar-refractivity contribution in [2.24, 2.45) is 5.92 Å². The van der Waals surface area contributed by atoms with Gasteiger partial charge in [0.2, 0.25) is 0 Å². The molecule has 3 nitrogen and oxygen atoms in total. The Morgan fingerprint density at radius 2 is 2.41 bits per heavy atom. The minimum Gasteiger partial charge on any atom is -0.319 e. The number of rotatable bonds is 4. The highest BCUT2D eigenvalue weighted by molar-refractivity contribution is 5.85. The van der Waals surface area contributed by atoms with E-state index in [0.717, 1.165) is 19.0 Å². The molecule has 0 bridgehead atoms. The van der Waals surface area contributed by atoms with E-state index < -0.39 is 0 Å². The SMILES string of the molecule is CNCC1CCCN(Cc2cccnc2)C1.Cl. The molecule has 17 heavy (non-hydrogen) atoms. The zero-order valence-electron chi connectivity index (χ0n) is 10.4. The van der Waals surface area contributed by atoms with Crippen LogP contribution in [-0.2, 0) is 6.54 Å². The summed E-state index contributed by atoms with van der Waals surface area (Å²) in [6, 6.07) is 4.18. The van der Waals surface area contributed by atoms with Gasteiger partial charge in [0, 0.05) is 25.5 Å². The average Bonchev–Trinajstić information content (AvgIpc) is 2.31. The van der Waals surface area contributed by atoms with Crippen LogP contribution in [0, 0.1) is 5.92 Å². The number of nitrogens with zero attached hydrogens (tertiary/aromatic N) is 2. The van der Waals surface area contributed by atoms with Gasteiger partial charge in [-0.3, -0.25) is 9.88 Å². The molecule has 1 unspecified atom stereocenters. The maximum absolute atomic E-state index is 4.17. The molecule has 2 rings (SSSR count). The maximum Gasteiger partial charge on any atom is 0.0312 e. The van der Waals surface area contributed by atoms with Crippen molar-refractivity contribution in [2.75, 3.05) is 26.7 Å². The first-order chi connectivity index (χ1) is 7.88. The normalized spacial score (nSPS) is 20.9. The van der Waals surface area contributed by atoms with Crippen LogP contribution in [0.3, 0.4) is 0 Å².